The zero-order valence-corrected chi connectivity index (χ0v) is 18.7. The molecule has 1 aromatic heterocycles. The second kappa shape index (κ2) is 11.3. The van der Waals surface area contributed by atoms with E-state index in [4.69, 9.17) is 5.11 Å². The van der Waals surface area contributed by atoms with Crippen LogP contribution >= 0.6 is 11.3 Å². The summed E-state index contributed by atoms with van der Waals surface area (Å²) in [6.45, 7) is 7.35. The van der Waals surface area contributed by atoms with Crippen LogP contribution in [0.25, 0.3) is 0 Å². The molecule has 23 heavy (non-hydrogen) atoms. The predicted octanol–water partition coefficient (Wildman–Crippen LogP) is 5.57. The molecule has 1 aromatic rings. The van der Waals surface area contributed by atoms with Crippen molar-refractivity contribution in [1.82, 2.24) is 5.32 Å². The first-order valence-electron chi connectivity index (χ1n) is 9.12. The third kappa shape index (κ3) is 7.04. The molecule has 5 heteroatoms. The van der Waals surface area contributed by atoms with E-state index in [0.717, 1.165) is 0 Å². The number of hydrogen-bond donors (Lipinski definition) is 2. The van der Waals surface area contributed by atoms with Crippen LogP contribution < -0.4 is 8.90 Å². The Bertz CT molecular complexity index is 440. The molecule has 0 fully saturated rings. The molecular formula is C18H33NO2SSn. The van der Waals surface area contributed by atoms with E-state index in [9.17, 15) is 4.79 Å². The Morgan fingerprint density at radius 3 is 2.04 bits per heavy atom. The SMILES string of the molecule is CCC[CH2][Sn]([CH2]CCC)([CH2]CCC)[c]1csc(CNC(=O)O)c1. The third-order valence-corrected chi connectivity index (χ3v) is 21.8. The Kier molecular flexibility index (Phi) is 10.3. The van der Waals surface area contributed by atoms with E-state index < -0.39 is 24.5 Å². The minimum absolute atomic E-state index is 0.456. The summed E-state index contributed by atoms with van der Waals surface area (Å²) in [5, 5.41) is 13.7. The van der Waals surface area contributed by atoms with Crippen molar-refractivity contribution in [3.63, 3.8) is 0 Å². The molecule has 0 saturated carbocycles. The molecule has 132 valence electrons. The van der Waals surface area contributed by atoms with E-state index >= 15 is 0 Å². The van der Waals surface area contributed by atoms with Crippen LogP contribution in [0.2, 0.25) is 13.3 Å². The third-order valence-electron chi connectivity index (χ3n) is 4.71. The number of hydrogen-bond acceptors (Lipinski definition) is 2. The molecule has 1 amide bonds. The van der Waals surface area contributed by atoms with E-state index in [1.165, 1.54) is 56.7 Å². The fraction of sp³-hybridized carbons (Fsp3) is 0.722. The first-order chi connectivity index (χ1) is 11.1. The van der Waals surface area contributed by atoms with E-state index in [1.807, 2.05) is 0 Å². The average Bonchev–Trinajstić information content (AvgIpc) is 3.02. The zero-order chi connectivity index (χ0) is 17.1. The molecule has 0 aliphatic rings. The van der Waals surface area contributed by atoms with E-state index in [1.54, 1.807) is 14.9 Å². The summed E-state index contributed by atoms with van der Waals surface area (Å²) in [5.41, 5.74) is 0. The van der Waals surface area contributed by atoms with Gasteiger partial charge in [-0.3, -0.25) is 0 Å². The van der Waals surface area contributed by atoms with Crippen molar-refractivity contribution in [1.29, 1.82) is 0 Å². The molecule has 0 unspecified atom stereocenters. The van der Waals surface area contributed by atoms with Gasteiger partial charge in [0, 0.05) is 0 Å². The first kappa shape index (κ1) is 20.8. The van der Waals surface area contributed by atoms with Crippen LogP contribution in [0.4, 0.5) is 4.79 Å². The van der Waals surface area contributed by atoms with Crippen molar-refractivity contribution in [2.75, 3.05) is 0 Å². The van der Waals surface area contributed by atoms with Crippen molar-refractivity contribution in [3.8, 4) is 0 Å². The maximum absolute atomic E-state index is 10.7. The predicted molar refractivity (Wildman–Crippen MR) is 104 cm³/mol. The molecule has 0 aromatic carbocycles. The van der Waals surface area contributed by atoms with Gasteiger partial charge in [0.2, 0.25) is 0 Å². The number of carboxylic acid groups (broad SMARTS) is 1. The monoisotopic (exact) mass is 447 g/mol. The summed E-state index contributed by atoms with van der Waals surface area (Å²) < 4.78 is 6.05. The van der Waals surface area contributed by atoms with Crippen LogP contribution in [0.15, 0.2) is 11.4 Å². The second-order valence-corrected chi connectivity index (χ2v) is 20.8. The van der Waals surface area contributed by atoms with Crippen molar-refractivity contribution >= 4 is 39.4 Å². The van der Waals surface area contributed by atoms with Crippen LogP contribution in [0, 0.1) is 0 Å². The molecule has 0 radical (unpaired) electrons. The molecule has 0 saturated heterocycles. The van der Waals surface area contributed by atoms with Gasteiger partial charge in [-0.2, -0.15) is 0 Å². The van der Waals surface area contributed by atoms with Crippen molar-refractivity contribution in [3.05, 3.63) is 16.3 Å². The van der Waals surface area contributed by atoms with Crippen LogP contribution in [-0.4, -0.2) is 29.6 Å². The van der Waals surface area contributed by atoms with Gasteiger partial charge in [-0.05, 0) is 0 Å². The molecule has 0 aliphatic heterocycles. The average molecular weight is 446 g/mol. The molecule has 1 heterocycles. The van der Waals surface area contributed by atoms with Gasteiger partial charge in [-0.15, -0.1) is 0 Å². The Balaban J connectivity index is 2.96. The van der Waals surface area contributed by atoms with Crippen LogP contribution in [0.5, 0.6) is 0 Å². The fourth-order valence-electron chi connectivity index (χ4n) is 3.27. The molecular weight excluding hydrogens is 413 g/mol. The number of amides is 1. The van der Waals surface area contributed by atoms with Crippen molar-refractivity contribution in [2.24, 2.45) is 0 Å². The summed E-state index contributed by atoms with van der Waals surface area (Å²) in [7, 11) is 0. The Hall–Kier alpha value is -0.231. The van der Waals surface area contributed by atoms with Crippen LogP contribution in [0.3, 0.4) is 0 Å². The van der Waals surface area contributed by atoms with E-state index in [2.05, 4.69) is 37.5 Å². The Morgan fingerprint density at radius 2 is 1.61 bits per heavy atom. The van der Waals surface area contributed by atoms with Gasteiger partial charge in [-0.25, -0.2) is 0 Å². The van der Waals surface area contributed by atoms with Gasteiger partial charge < -0.3 is 0 Å². The zero-order valence-electron chi connectivity index (χ0n) is 15.0. The quantitative estimate of drug-likeness (QED) is 0.413. The van der Waals surface area contributed by atoms with Crippen molar-refractivity contribution in [2.45, 2.75) is 79.2 Å². The summed E-state index contributed by atoms with van der Waals surface area (Å²) in [6.07, 6.45) is 7.02. The topological polar surface area (TPSA) is 49.3 Å². The fourth-order valence-corrected chi connectivity index (χ4v) is 22.0. The van der Waals surface area contributed by atoms with Gasteiger partial charge in [0.15, 0.2) is 0 Å². The van der Waals surface area contributed by atoms with Gasteiger partial charge in [0.25, 0.3) is 0 Å². The number of nitrogens with one attached hydrogen (secondary N) is 1. The minimum atomic E-state index is -2.32. The second-order valence-electron chi connectivity index (χ2n) is 6.55. The number of thiophene rings is 1. The summed E-state index contributed by atoms with van der Waals surface area (Å²) in [5.74, 6) is 0. The number of unbranched alkanes of at least 4 members (excludes halogenated alkanes) is 3. The van der Waals surface area contributed by atoms with Crippen LogP contribution in [-0.2, 0) is 6.54 Å². The van der Waals surface area contributed by atoms with Gasteiger partial charge in [0.05, 0.1) is 0 Å². The maximum atomic E-state index is 10.7. The van der Waals surface area contributed by atoms with E-state index in [0.29, 0.717) is 6.54 Å². The van der Waals surface area contributed by atoms with E-state index in [-0.39, 0.29) is 0 Å². The number of rotatable bonds is 12. The molecule has 0 aliphatic carbocycles. The summed E-state index contributed by atoms with van der Waals surface area (Å²) in [4.78, 5) is 11.9. The molecule has 1 rings (SSSR count). The van der Waals surface area contributed by atoms with Gasteiger partial charge in [-0.1, -0.05) is 0 Å². The molecule has 2 N–H and O–H groups in total. The van der Waals surface area contributed by atoms with Gasteiger partial charge in [0.1, 0.15) is 0 Å². The van der Waals surface area contributed by atoms with Crippen LogP contribution in [0.1, 0.15) is 64.2 Å². The Morgan fingerprint density at radius 1 is 1.09 bits per heavy atom. The van der Waals surface area contributed by atoms with Crippen molar-refractivity contribution < 1.29 is 9.90 Å². The molecule has 3 nitrogen and oxygen atoms in total. The Labute approximate surface area is 149 Å². The van der Waals surface area contributed by atoms with Gasteiger partial charge >= 0.3 is 150 Å². The molecule has 0 atom stereocenters. The normalized spacial score (nSPS) is 11.6. The molecule has 0 spiro atoms. The number of carbonyl (C=O) groups is 1. The molecule has 0 bridgehead atoms. The summed E-state index contributed by atoms with van der Waals surface area (Å²) in [6, 6.07) is 2.34. The summed E-state index contributed by atoms with van der Waals surface area (Å²) >= 11 is -0.573. The standard InChI is InChI=1S/C6H6NO2S.3C4H9.Sn/c8-6(9)7-4-5-2-1-3-10-5;3*1-3-4-2;/h2-3,7H,4H2,(H,8,9);3*1,3-4H2,2H3;. The first-order valence-corrected chi connectivity index (χ1v) is 17.5.